The van der Waals surface area contributed by atoms with Gasteiger partial charge in [0.1, 0.15) is 0 Å². The van der Waals surface area contributed by atoms with Crippen LogP contribution in [0.2, 0.25) is 0 Å². The molecule has 0 N–H and O–H groups in total. The molecule has 8 heavy (non-hydrogen) atoms. The van der Waals surface area contributed by atoms with Crippen molar-refractivity contribution in [1.82, 2.24) is 0 Å². The van der Waals surface area contributed by atoms with Crippen LogP contribution >= 0.6 is 11.6 Å². The summed E-state index contributed by atoms with van der Waals surface area (Å²) in [5.41, 5.74) is 0. The van der Waals surface area contributed by atoms with Crippen LogP contribution in [0.15, 0.2) is 0 Å². The van der Waals surface area contributed by atoms with Crippen molar-refractivity contribution in [3.8, 4) is 0 Å². The Balaban J connectivity index is 2.41. The molecule has 0 aliphatic heterocycles. The summed E-state index contributed by atoms with van der Waals surface area (Å²) in [7, 11) is 0. The highest BCUT2D eigenvalue weighted by atomic mass is 35.5. The Morgan fingerprint density at radius 1 is 1.62 bits per heavy atom. The maximum absolute atomic E-state index is 6.09. The van der Waals surface area contributed by atoms with Gasteiger partial charge < -0.3 is 0 Å². The van der Waals surface area contributed by atoms with E-state index in [-0.39, 0.29) is 4.87 Å². The highest BCUT2D eigenvalue weighted by molar-refractivity contribution is 6.25. The van der Waals surface area contributed by atoms with Gasteiger partial charge in [-0.15, -0.1) is 11.6 Å². The van der Waals surface area contributed by atoms with Crippen molar-refractivity contribution in [3.05, 3.63) is 6.42 Å². The summed E-state index contributed by atoms with van der Waals surface area (Å²) in [6, 6.07) is 0. The van der Waals surface area contributed by atoms with Gasteiger partial charge in [-0.2, -0.15) is 0 Å². The van der Waals surface area contributed by atoms with Gasteiger partial charge in [-0.3, -0.25) is 0 Å². The van der Waals surface area contributed by atoms with Gasteiger partial charge in [0.25, 0.3) is 0 Å². The first-order valence-corrected chi connectivity index (χ1v) is 3.56. The summed E-state index contributed by atoms with van der Waals surface area (Å²) < 4.78 is 0. The molecular formula is C7H12Cl. The van der Waals surface area contributed by atoms with Crippen LogP contribution in [0.25, 0.3) is 0 Å². The molecule has 0 heterocycles. The Bertz CT molecular complexity index is 82.4. The summed E-state index contributed by atoms with van der Waals surface area (Å²) in [5, 5.41) is 0. The van der Waals surface area contributed by atoms with Crippen molar-refractivity contribution >= 4 is 11.6 Å². The lowest BCUT2D eigenvalue weighted by molar-refractivity contribution is 0.361. The predicted octanol–water partition coefficient (Wildman–Crippen LogP) is 2.62. The van der Waals surface area contributed by atoms with E-state index < -0.39 is 0 Å². The quantitative estimate of drug-likeness (QED) is 0.480. The van der Waals surface area contributed by atoms with Gasteiger partial charge in [-0.25, -0.2) is 0 Å². The van der Waals surface area contributed by atoms with Gasteiger partial charge in [0.2, 0.25) is 0 Å². The van der Waals surface area contributed by atoms with Crippen molar-refractivity contribution in [2.45, 2.75) is 31.6 Å². The molecule has 1 aliphatic rings. The zero-order chi connectivity index (χ0) is 6.20. The lowest BCUT2D eigenvalue weighted by Gasteiger charge is -2.38. The van der Waals surface area contributed by atoms with E-state index in [2.05, 4.69) is 20.3 Å². The normalized spacial score (nSPS) is 25.5. The van der Waals surface area contributed by atoms with E-state index in [0.717, 1.165) is 0 Å². The van der Waals surface area contributed by atoms with E-state index in [9.17, 15) is 0 Å². The summed E-state index contributed by atoms with van der Waals surface area (Å²) in [6.45, 7) is 4.34. The molecule has 0 spiro atoms. The van der Waals surface area contributed by atoms with Gasteiger partial charge in [-0.1, -0.05) is 13.8 Å². The molecule has 0 nitrogen and oxygen atoms in total. The summed E-state index contributed by atoms with van der Waals surface area (Å²) in [4.78, 5) is 0.0694. The molecule has 1 aliphatic carbocycles. The number of hydrogen-bond acceptors (Lipinski definition) is 0. The van der Waals surface area contributed by atoms with Crippen LogP contribution < -0.4 is 0 Å². The molecule has 1 fully saturated rings. The third-order valence-corrected chi connectivity index (χ3v) is 2.75. The van der Waals surface area contributed by atoms with E-state index in [1.54, 1.807) is 0 Å². The van der Waals surface area contributed by atoms with E-state index >= 15 is 0 Å². The zero-order valence-corrected chi connectivity index (χ0v) is 6.20. The van der Waals surface area contributed by atoms with Crippen LogP contribution in [0, 0.1) is 12.3 Å². The minimum absolute atomic E-state index is 0.0694. The Kier molecular flexibility index (Phi) is 1.53. The lowest BCUT2D eigenvalue weighted by atomic mass is 9.76. The van der Waals surface area contributed by atoms with Gasteiger partial charge in [0.05, 0.1) is 4.87 Å². The molecule has 0 saturated heterocycles. The molecule has 0 bridgehead atoms. The molecule has 1 unspecified atom stereocenters. The lowest BCUT2D eigenvalue weighted by Crippen LogP contribution is -2.36. The van der Waals surface area contributed by atoms with E-state index in [1.807, 2.05) is 0 Å². The minimum Gasteiger partial charge on any atom is -0.119 e. The fourth-order valence-corrected chi connectivity index (χ4v) is 1.16. The Morgan fingerprint density at radius 3 is 2.12 bits per heavy atom. The van der Waals surface area contributed by atoms with Crippen molar-refractivity contribution < 1.29 is 0 Å². The van der Waals surface area contributed by atoms with Crippen LogP contribution in [0.3, 0.4) is 0 Å². The van der Waals surface area contributed by atoms with Gasteiger partial charge >= 0.3 is 0 Å². The molecule has 1 rings (SSSR count). The first kappa shape index (κ1) is 6.41. The van der Waals surface area contributed by atoms with Gasteiger partial charge in [0.15, 0.2) is 0 Å². The van der Waals surface area contributed by atoms with Crippen LogP contribution in [-0.4, -0.2) is 4.87 Å². The van der Waals surface area contributed by atoms with Gasteiger partial charge in [0, 0.05) is 0 Å². The molecule has 1 heteroatoms. The topological polar surface area (TPSA) is 0 Å². The van der Waals surface area contributed by atoms with E-state index in [1.165, 1.54) is 12.8 Å². The largest absolute Gasteiger partial charge is 0.119 e. The Hall–Kier alpha value is 0.290. The van der Waals surface area contributed by atoms with E-state index in [0.29, 0.717) is 5.92 Å². The smallest absolute Gasteiger partial charge is 0.0501 e. The highest BCUT2D eigenvalue weighted by Gasteiger charge is 2.37. The zero-order valence-electron chi connectivity index (χ0n) is 5.45. The molecule has 0 aromatic heterocycles. The molecule has 0 aromatic carbocycles. The molecule has 0 amide bonds. The predicted molar refractivity (Wildman–Crippen MR) is 37.0 cm³/mol. The number of halogens is 1. The molecule has 47 valence electrons. The number of alkyl halides is 1. The monoisotopic (exact) mass is 131 g/mol. The number of rotatable bonds is 1. The summed E-state index contributed by atoms with van der Waals surface area (Å²) in [6.07, 6.45) is 4.59. The second kappa shape index (κ2) is 1.91. The average Bonchev–Trinajstić information content (AvgIpc) is 1.60. The van der Waals surface area contributed by atoms with E-state index in [4.69, 9.17) is 11.6 Å². The second-order valence-electron chi connectivity index (χ2n) is 2.82. The number of hydrogen-bond donors (Lipinski definition) is 0. The first-order chi connectivity index (χ1) is 3.65. The first-order valence-electron chi connectivity index (χ1n) is 3.18. The maximum Gasteiger partial charge on any atom is 0.0501 e. The van der Waals surface area contributed by atoms with Crippen molar-refractivity contribution in [2.24, 2.45) is 5.92 Å². The van der Waals surface area contributed by atoms with Crippen molar-refractivity contribution in [3.63, 3.8) is 0 Å². The molecule has 1 radical (unpaired) electrons. The summed E-state index contributed by atoms with van der Waals surface area (Å²) in [5.74, 6) is 0.609. The highest BCUT2D eigenvalue weighted by Crippen LogP contribution is 2.42. The molecular weight excluding hydrogens is 120 g/mol. The SMILES string of the molecule is CC(C)C1(Cl)[CH]CC1. The van der Waals surface area contributed by atoms with Crippen molar-refractivity contribution in [1.29, 1.82) is 0 Å². The van der Waals surface area contributed by atoms with Crippen LogP contribution in [0.1, 0.15) is 26.7 Å². The second-order valence-corrected chi connectivity index (χ2v) is 3.53. The fraction of sp³-hybridized carbons (Fsp3) is 0.857. The summed E-state index contributed by atoms with van der Waals surface area (Å²) >= 11 is 6.09. The third kappa shape index (κ3) is 0.862. The van der Waals surface area contributed by atoms with Crippen LogP contribution in [0.4, 0.5) is 0 Å². The molecule has 0 aromatic rings. The fourth-order valence-electron chi connectivity index (χ4n) is 0.944. The molecule has 1 atom stereocenters. The third-order valence-electron chi connectivity index (χ3n) is 1.97. The molecule has 1 saturated carbocycles. The van der Waals surface area contributed by atoms with Crippen LogP contribution in [0.5, 0.6) is 0 Å². The van der Waals surface area contributed by atoms with Crippen molar-refractivity contribution in [2.75, 3.05) is 0 Å². The Labute approximate surface area is 56.2 Å². The van der Waals surface area contributed by atoms with Gasteiger partial charge in [-0.05, 0) is 25.2 Å². The standard InChI is InChI=1S/C7H12Cl/c1-6(2)7(8)4-3-5-7/h4,6H,3,5H2,1-2H3. The average molecular weight is 132 g/mol. The Morgan fingerprint density at radius 2 is 2.12 bits per heavy atom. The van der Waals surface area contributed by atoms with Crippen LogP contribution in [-0.2, 0) is 0 Å². The minimum atomic E-state index is 0.0694. The maximum atomic E-state index is 6.09.